The predicted molar refractivity (Wildman–Crippen MR) is 71.8 cm³/mol. The summed E-state index contributed by atoms with van der Waals surface area (Å²) < 4.78 is 5.42. The number of aromatic nitrogens is 1. The van der Waals surface area contributed by atoms with Gasteiger partial charge in [-0.05, 0) is 12.1 Å². The average molecular weight is 261 g/mol. The zero-order valence-electron chi connectivity index (χ0n) is 11.0. The smallest absolute Gasteiger partial charge is 0.302 e. The molecular weight excluding hydrogens is 246 g/mol. The molecule has 0 saturated heterocycles. The quantitative estimate of drug-likeness (QED) is 0.888. The van der Waals surface area contributed by atoms with Crippen LogP contribution in [0.1, 0.15) is 20.8 Å². The number of nitrogens with zero attached hydrogens (tertiary/aromatic N) is 1. The molecule has 19 heavy (non-hydrogen) atoms. The zero-order chi connectivity index (χ0) is 14.0. The Balaban J connectivity index is 2.25. The number of rotatable bonds is 3. The van der Waals surface area contributed by atoms with Crippen LogP contribution < -0.4 is 10.6 Å². The Morgan fingerprint density at radius 2 is 2.00 bits per heavy atom. The first-order valence-corrected chi connectivity index (χ1v) is 5.95. The van der Waals surface area contributed by atoms with Gasteiger partial charge in [0, 0.05) is 24.6 Å². The van der Waals surface area contributed by atoms with Gasteiger partial charge in [0.25, 0.3) is 0 Å². The molecule has 0 atom stereocenters. The van der Waals surface area contributed by atoms with Gasteiger partial charge in [-0.2, -0.15) is 4.98 Å². The number of nitrogens with one attached hydrogen (secondary N) is 2. The standard InChI is InChI=1S/C13H15N3O3/c1-7(2)12(18)16-13-15-10-5-4-9(14-8(3)17)6-11(10)19-13/h4-7H,1-3H3,(H,14,17)(H,15,16,18). The van der Waals surface area contributed by atoms with E-state index in [1.165, 1.54) is 6.92 Å². The molecule has 0 spiro atoms. The monoisotopic (exact) mass is 261 g/mol. The van der Waals surface area contributed by atoms with Crippen LogP contribution in [0.3, 0.4) is 0 Å². The topological polar surface area (TPSA) is 84.2 Å². The summed E-state index contributed by atoms with van der Waals surface area (Å²) in [6, 6.07) is 5.26. The average Bonchev–Trinajstić information content (AvgIpc) is 2.69. The lowest BCUT2D eigenvalue weighted by Crippen LogP contribution is -2.17. The lowest BCUT2D eigenvalue weighted by atomic mass is 10.2. The Bertz CT molecular complexity index is 631. The highest BCUT2D eigenvalue weighted by atomic mass is 16.4. The van der Waals surface area contributed by atoms with Gasteiger partial charge in [0.05, 0.1) is 0 Å². The molecule has 1 aromatic heterocycles. The molecule has 0 aliphatic carbocycles. The summed E-state index contributed by atoms with van der Waals surface area (Å²) in [4.78, 5) is 26.6. The highest BCUT2D eigenvalue weighted by Gasteiger charge is 2.12. The van der Waals surface area contributed by atoms with Crippen molar-refractivity contribution in [3.8, 4) is 0 Å². The predicted octanol–water partition coefficient (Wildman–Crippen LogP) is 2.38. The van der Waals surface area contributed by atoms with Gasteiger partial charge in [-0.15, -0.1) is 0 Å². The Hall–Kier alpha value is -2.37. The van der Waals surface area contributed by atoms with Gasteiger partial charge in [-0.25, -0.2) is 0 Å². The van der Waals surface area contributed by atoms with Gasteiger partial charge in [0.2, 0.25) is 11.8 Å². The van der Waals surface area contributed by atoms with Crippen LogP contribution >= 0.6 is 0 Å². The van der Waals surface area contributed by atoms with E-state index in [-0.39, 0.29) is 23.7 Å². The van der Waals surface area contributed by atoms with E-state index in [1.54, 1.807) is 32.0 Å². The molecule has 6 heteroatoms. The van der Waals surface area contributed by atoms with Gasteiger partial charge in [-0.3, -0.25) is 14.9 Å². The van der Waals surface area contributed by atoms with Crippen molar-refractivity contribution in [2.24, 2.45) is 5.92 Å². The van der Waals surface area contributed by atoms with E-state index in [0.717, 1.165) is 0 Å². The van der Waals surface area contributed by atoms with Gasteiger partial charge < -0.3 is 9.73 Å². The van der Waals surface area contributed by atoms with Crippen LogP contribution in [0.4, 0.5) is 11.7 Å². The molecular formula is C13H15N3O3. The summed E-state index contributed by atoms with van der Waals surface area (Å²) in [6.45, 7) is 5.00. The van der Waals surface area contributed by atoms with E-state index in [4.69, 9.17) is 4.42 Å². The maximum absolute atomic E-state index is 11.5. The van der Waals surface area contributed by atoms with Crippen molar-refractivity contribution in [3.63, 3.8) is 0 Å². The van der Waals surface area contributed by atoms with Gasteiger partial charge >= 0.3 is 6.01 Å². The van der Waals surface area contributed by atoms with Crippen LogP contribution in [-0.2, 0) is 9.59 Å². The number of hydrogen-bond acceptors (Lipinski definition) is 4. The lowest BCUT2D eigenvalue weighted by Gasteiger charge is -2.02. The number of oxazole rings is 1. The molecule has 1 aromatic carbocycles. The Morgan fingerprint density at radius 3 is 2.63 bits per heavy atom. The number of anilines is 2. The molecule has 1 heterocycles. The van der Waals surface area contributed by atoms with E-state index < -0.39 is 0 Å². The summed E-state index contributed by atoms with van der Waals surface area (Å²) in [5, 5.41) is 5.24. The highest BCUT2D eigenvalue weighted by Crippen LogP contribution is 2.22. The van der Waals surface area contributed by atoms with Gasteiger partial charge in [-0.1, -0.05) is 13.8 Å². The highest BCUT2D eigenvalue weighted by molar-refractivity contribution is 5.93. The molecule has 6 nitrogen and oxygen atoms in total. The number of carbonyl (C=O) groups excluding carboxylic acids is 2. The lowest BCUT2D eigenvalue weighted by molar-refractivity contribution is -0.119. The van der Waals surface area contributed by atoms with E-state index >= 15 is 0 Å². The molecule has 2 aromatic rings. The minimum absolute atomic E-state index is 0.148. The molecule has 0 unspecified atom stereocenters. The molecule has 0 bridgehead atoms. The van der Waals surface area contributed by atoms with E-state index in [1.807, 2.05) is 0 Å². The first kappa shape index (κ1) is 13.1. The van der Waals surface area contributed by atoms with Crippen molar-refractivity contribution in [1.82, 2.24) is 4.98 Å². The molecule has 0 aliphatic rings. The van der Waals surface area contributed by atoms with E-state index in [2.05, 4.69) is 15.6 Å². The summed E-state index contributed by atoms with van der Waals surface area (Å²) in [5.74, 6) is -0.467. The Morgan fingerprint density at radius 1 is 1.26 bits per heavy atom. The molecule has 0 saturated carbocycles. The molecule has 0 radical (unpaired) electrons. The maximum Gasteiger partial charge on any atom is 0.302 e. The Labute approximate surface area is 110 Å². The molecule has 0 aliphatic heterocycles. The van der Waals surface area contributed by atoms with Crippen LogP contribution in [0.5, 0.6) is 0 Å². The second kappa shape index (κ2) is 5.09. The number of amides is 2. The second-order valence-corrected chi connectivity index (χ2v) is 4.53. The van der Waals surface area contributed by atoms with Crippen molar-refractivity contribution in [2.75, 3.05) is 10.6 Å². The third-order valence-electron chi connectivity index (χ3n) is 2.46. The fourth-order valence-electron chi connectivity index (χ4n) is 1.51. The van der Waals surface area contributed by atoms with E-state index in [0.29, 0.717) is 16.8 Å². The third-order valence-corrected chi connectivity index (χ3v) is 2.46. The SMILES string of the molecule is CC(=O)Nc1ccc2nc(NC(=O)C(C)C)oc2c1. The van der Waals surface area contributed by atoms with Crippen LogP contribution in [-0.4, -0.2) is 16.8 Å². The van der Waals surface area contributed by atoms with Crippen LogP contribution in [0.2, 0.25) is 0 Å². The van der Waals surface area contributed by atoms with Gasteiger partial charge in [0.15, 0.2) is 5.58 Å². The third kappa shape index (κ3) is 3.09. The maximum atomic E-state index is 11.5. The minimum Gasteiger partial charge on any atom is -0.423 e. The number of fused-ring (bicyclic) bond motifs is 1. The fourth-order valence-corrected chi connectivity index (χ4v) is 1.51. The largest absolute Gasteiger partial charge is 0.423 e. The van der Waals surface area contributed by atoms with E-state index in [9.17, 15) is 9.59 Å². The molecule has 0 fully saturated rings. The molecule has 2 N–H and O–H groups in total. The first-order chi connectivity index (χ1) is 8.95. The van der Waals surface area contributed by atoms with Crippen LogP contribution in [0.25, 0.3) is 11.1 Å². The summed E-state index contributed by atoms with van der Waals surface area (Å²) >= 11 is 0. The van der Waals surface area contributed by atoms with Crippen LogP contribution in [0, 0.1) is 5.92 Å². The summed E-state index contributed by atoms with van der Waals surface area (Å²) in [5.41, 5.74) is 1.75. The Kier molecular flexibility index (Phi) is 3.50. The van der Waals surface area contributed by atoms with Crippen molar-refractivity contribution in [1.29, 1.82) is 0 Å². The van der Waals surface area contributed by atoms with Crippen molar-refractivity contribution in [3.05, 3.63) is 18.2 Å². The molecule has 2 amide bonds. The second-order valence-electron chi connectivity index (χ2n) is 4.53. The van der Waals surface area contributed by atoms with Crippen molar-refractivity contribution < 1.29 is 14.0 Å². The number of carbonyl (C=O) groups is 2. The summed E-state index contributed by atoms with van der Waals surface area (Å²) in [6.07, 6.45) is 0. The number of benzene rings is 1. The van der Waals surface area contributed by atoms with Gasteiger partial charge in [0.1, 0.15) is 5.52 Å². The first-order valence-electron chi connectivity index (χ1n) is 5.95. The summed E-state index contributed by atoms with van der Waals surface area (Å²) in [7, 11) is 0. The van der Waals surface area contributed by atoms with Crippen molar-refractivity contribution in [2.45, 2.75) is 20.8 Å². The number of hydrogen-bond donors (Lipinski definition) is 2. The molecule has 100 valence electrons. The van der Waals surface area contributed by atoms with Crippen molar-refractivity contribution >= 4 is 34.6 Å². The zero-order valence-corrected chi connectivity index (χ0v) is 11.0. The molecule has 2 rings (SSSR count). The fraction of sp³-hybridized carbons (Fsp3) is 0.308. The van der Waals surface area contributed by atoms with Crippen LogP contribution in [0.15, 0.2) is 22.6 Å². The normalized spacial score (nSPS) is 10.7. The minimum atomic E-state index is -0.160.